The van der Waals surface area contributed by atoms with E-state index >= 15 is 0 Å². The Morgan fingerprint density at radius 3 is 2.61 bits per heavy atom. The molecule has 3 saturated carbocycles. The molecule has 3 rings (SSSR count). The van der Waals surface area contributed by atoms with Crippen molar-refractivity contribution in [2.45, 2.75) is 50.7 Å². The Balaban J connectivity index is 1.63. The Hall–Kier alpha value is -0.610. The Labute approximate surface area is 108 Å². The fourth-order valence-electron chi connectivity index (χ4n) is 4.42. The van der Waals surface area contributed by atoms with E-state index < -0.39 is 6.10 Å². The van der Waals surface area contributed by atoms with Gasteiger partial charge in [-0.15, -0.1) is 0 Å². The van der Waals surface area contributed by atoms with Crippen LogP contribution in [-0.4, -0.2) is 34.9 Å². The van der Waals surface area contributed by atoms with Gasteiger partial charge in [-0.3, -0.25) is 4.79 Å². The summed E-state index contributed by atoms with van der Waals surface area (Å²) in [5.74, 6) is 1.18. The summed E-state index contributed by atoms with van der Waals surface area (Å²) in [5, 5.41) is 22.4. The largest absolute Gasteiger partial charge is 0.396 e. The van der Waals surface area contributed by atoms with Gasteiger partial charge in [0.2, 0.25) is 5.91 Å². The molecule has 18 heavy (non-hydrogen) atoms. The molecule has 0 aromatic heterocycles. The van der Waals surface area contributed by atoms with Crippen LogP contribution in [0.3, 0.4) is 0 Å². The van der Waals surface area contributed by atoms with Crippen LogP contribution in [0.15, 0.2) is 0 Å². The van der Waals surface area contributed by atoms with Crippen molar-refractivity contribution in [1.82, 2.24) is 5.32 Å². The third-order valence-corrected chi connectivity index (χ3v) is 5.42. The molecule has 4 nitrogen and oxygen atoms in total. The molecule has 0 spiro atoms. The zero-order valence-corrected chi connectivity index (χ0v) is 10.7. The Kier molecular flexibility index (Phi) is 3.32. The predicted molar refractivity (Wildman–Crippen MR) is 66.7 cm³/mol. The molecule has 0 radical (unpaired) electrons. The van der Waals surface area contributed by atoms with Crippen LogP contribution >= 0.6 is 0 Å². The quantitative estimate of drug-likeness (QED) is 0.692. The van der Waals surface area contributed by atoms with E-state index in [2.05, 4.69) is 5.32 Å². The fraction of sp³-hybridized carbons (Fsp3) is 0.929. The highest BCUT2D eigenvalue weighted by molar-refractivity contribution is 5.80. The van der Waals surface area contributed by atoms with Gasteiger partial charge in [-0.25, -0.2) is 0 Å². The van der Waals surface area contributed by atoms with Gasteiger partial charge in [-0.2, -0.15) is 0 Å². The first-order valence-electron chi connectivity index (χ1n) is 7.30. The topological polar surface area (TPSA) is 69.6 Å². The summed E-state index contributed by atoms with van der Waals surface area (Å²) >= 11 is 0. The third-order valence-electron chi connectivity index (χ3n) is 5.42. The van der Waals surface area contributed by atoms with Gasteiger partial charge in [0.1, 0.15) is 0 Å². The van der Waals surface area contributed by atoms with Gasteiger partial charge >= 0.3 is 0 Å². The summed E-state index contributed by atoms with van der Waals surface area (Å²) in [6.07, 6.45) is 5.57. The number of aliphatic hydroxyl groups excluding tert-OH is 2. The maximum Gasteiger partial charge on any atom is 0.225 e. The second-order valence-electron chi connectivity index (χ2n) is 6.32. The summed E-state index contributed by atoms with van der Waals surface area (Å²) < 4.78 is 0. The predicted octanol–water partition coefficient (Wildman–Crippen LogP) is 0.671. The number of rotatable bonds is 3. The van der Waals surface area contributed by atoms with Crippen LogP contribution in [0.2, 0.25) is 0 Å². The number of fused-ring (bicyclic) bond motifs is 2. The third kappa shape index (κ3) is 1.95. The summed E-state index contributed by atoms with van der Waals surface area (Å²) in [6, 6.07) is 0.147. The molecule has 1 amide bonds. The number of hydrogen-bond donors (Lipinski definition) is 3. The van der Waals surface area contributed by atoms with Gasteiger partial charge in [0.25, 0.3) is 0 Å². The van der Waals surface area contributed by atoms with E-state index in [1.54, 1.807) is 0 Å². The van der Waals surface area contributed by atoms with E-state index in [1.807, 2.05) is 0 Å². The number of hydrogen-bond acceptors (Lipinski definition) is 3. The molecule has 0 saturated heterocycles. The number of carbonyl (C=O) groups excluding carboxylic acids is 1. The summed E-state index contributed by atoms with van der Waals surface area (Å²) in [5.41, 5.74) is 0. The standard InChI is InChI=1S/C14H23NO3/c16-7-11-8-4-5-9(6-8)13(11)15-14(18)10-2-1-3-12(10)17/h8-13,16-17H,1-7H2,(H,15,18). The molecule has 0 heterocycles. The minimum atomic E-state index is -0.462. The Bertz CT molecular complexity index is 333. The molecule has 102 valence electrons. The molecule has 6 unspecified atom stereocenters. The fourth-order valence-corrected chi connectivity index (χ4v) is 4.42. The Morgan fingerprint density at radius 1 is 1.17 bits per heavy atom. The van der Waals surface area contributed by atoms with Crippen molar-refractivity contribution in [3.63, 3.8) is 0 Å². The molecule has 6 atom stereocenters. The lowest BCUT2D eigenvalue weighted by molar-refractivity contribution is -0.129. The monoisotopic (exact) mass is 253 g/mol. The van der Waals surface area contributed by atoms with Crippen LogP contribution in [0.4, 0.5) is 0 Å². The van der Waals surface area contributed by atoms with Crippen LogP contribution in [-0.2, 0) is 4.79 Å². The Morgan fingerprint density at radius 2 is 1.94 bits per heavy atom. The number of amides is 1. The van der Waals surface area contributed by atoms with Gasteiger partial charge in [-0.05, 0) is 50.4 Å². The molecule has 0 aromatic rings. The van der Waals surface area contributed by atoms with Crippen molar-refractivity contribution in [1.29, 1.82) is 0 Å². The average molecular weight is 253 g/mol. The molecule has 3 aliphatic rings. The molecular formula is C14H23NO3. The molecular weight excluding hydrogens is 230 g/mol. The first-order chi connectivity index (χ1) is 8.70. The van der Waals surface area contributed by atoms with E-state index in [-0.39, 0.29) is 30.4 Å². The lowest BCUT2D eigenvalue weighted by Gasteiger charge is -2.31. The molecule has 0 aromatic carbocycles. The van der Waals surface area contributed by atoms with E-state index in [1.165, 1.54) is 12.8 Å². The second kappa shape index (κ2) is 4.82. The van der Waals surface area contributed by atoms with Crippen molar-refractivity contribution >= 4 is 5.91 Å². The summed E-state index contributed by atoms with van der Waals surface area (Å²) in [6.45, 7) is 0.180. The zero-order valence-electron chi connectivity index (χ0n) is 10.7. The van der Waals surface area contributed by atoms with Crippen molar-refractivity contribution in [2.75, 3.05) is 6.61 Å². The minimum Gasteiger partial charge on any atom is -0.396 e. The molecule has 3 fully saturated rings. The first kappa shape index (κ1) is 12.4. The SMILES string of the molecule is O=C(NC1C2CCC(C2)C1CO)C1CCCC1O. The van der Waals surface area contributed by atoms with Crippen LogP contribution in [0.5, 0.6) is 0 Å². The van der Waals surface area contributed by atoms with Crippen molar-refractivity contribution < 1.29 is 15.0 Å². The lowest BCUT2D eigenvalue weighted by Crippen LogP contribution is -2.48. The second-order valence-corrected chi connectivity index (χ2v) is 6.32. The number of aliphatic hydroxyl groups is 2. The normalized spacial score (nSPS) is 46.6. The number of carbonyl (C=O) groups is 1. The summed E-state index contributed by atoms with van der Waals surface area (Å²) in [7, 11) is 0. The van der Waals surface area contributed by atoms with E-state index in [9.17, 15) is 15.0 Å². The van der Waals surface area contributed by atoms with E-state index in [4.69, 9.17) is 0 Å². The van der Waals surface area contributed by atoms with Crippen LogP contribution in [0, 0.1) is 23.7 Å². The average Bonchev–Trinajstić information content (AvgIpc) is 3.03. The molecule has 3 aliphatic carbocycles. The van der Waals surface area contributed by atoms with Crippen LogP contribution in [0.25, 0.3) is 0 Å². The van der Waals surface area contributed by atoms with Crippen molar-refractivity contribution in [3.05, 3.63) is 0 Å². The van der Waals surface area contributed by atoms with Gasteiger partial charge < -0.3 is 15.5 Å². The maximum absolute atomic E-state index is 12.2. The van der Waals surface area contributed by atoms with Gasteiger partial charge in [0, 0.05) is 18.6 Å². The smallest absolute Gasteiger partial charge is 0.225 e. The highest BCUT2D eigenvalue weighted by atomic mass is 16.3. The highest BCUT2D eigenvalue weighted by Crippen LogP contribution is 2.48. The first-order valence-corrected chi connectivity index (χ1v) is 7.30. The molecule has 3 N–H and O–H groups in total. The van der Waals surface area contributed by atoms with E-state index in [0.717, 1.165) is 25.7 Å². The number of nitrogens with one attached hydrogen (secondary N) is 1. The van der Waals surface area contributed by atoms with Crippen LogP contribution < -0.4 is 5.32 Å². The van der Waals surface area contributed by atoms with E-state index in [0.29, 0.717) is 11.8 Å². The van der Waals surface area contributed by atoms with Gasteiger partial charge in [0.05, 0.1) is 12.0 Å². The maximum atomic E-state index is 12.2. The van der Waals surface area contributed by atoms with Crippen molar-refractivity contribution in [2.24, 2.45) is 23.7 Å². The van der Waals surface area contributed by atoms with Crippen LogP contribution in [0.1, 0.15) is 38.5 Å². The molecule has 0 aliphatic heterocycles. The van der Waals surface area contributed by atoms with Gasteiger partial charge in [-0.1, -0.05) is 0 Å². The highest BCUT2D eigenvalue weighted by Gasteiger charge is 2.48. The molecule has 4 heteroatoms. The van der Waals surface area contributed by atoms with Crippen molar-refractivity contribution in [3.8, 4) is 0 Å². The summed E-state index contributed by atoms with van der Waals surface area (Å²) in [4.78, 5) is 12.2. The van der Waals surface area contributed by atoms with Gasteiger partial charge in [0.15, 0.2) is 0 Å². The zero-order chi connectivity index (χ0) is 12.7. The molecule has 2 bridgehead atoms. The minimum absolute atomic E-state index is 0.0102. The lowest BCUT2D eigenvalue weighted by atomic mass is 9.84.